The van der Waals surface area contributed by atoms with Crippen LogP contribution in [0, 0.1) is 0 Å². The highest BCUT2D eigenvalue weighted by atomic mass is 35.5. The Morgan fingerprint density at radius 1 is 1.00 bits per heavy atom. The van der Waals surface area contributed by atoms with Crippen molar-refractivity contribution in [3.05, 3.63) is 70.9 Å². The lowest BCUT2D eigenvalue weighted by Gasteiger charge is -2.13. The van der Waals surface area contributed by atoms with Crippen LogP contribution in [0.1, 0.15) is 15.9 Å². The van der Waals surface area contributed by atoms with Gasteiger partial charge < -0.3 is 16.0 Å². The second-order valence-electron chi connectivity index (χ2n) is 5.60. The lowest BCUT2D eigenvalue weighted by Crippen LogP contribution is -2.22. The van der Waals surface area contributed by atoms with Gasteiger partial charge in [-0.1, -0.05) is 29.8 Å². The average Bonchev–Trinajstić information content (AvgIpc) is 2.62. The van der Waals surface area contributed by atoms with Gasteiger partial charge in [-0.05, 0) is 35.9 Å². The van der Waals surface area contributed by atoms with Crippen LogP contribution in [-0.4, -0.2) is 15.9 Å². The van der Waals surface area contributed by atoms with Crippen molar-refractivity contribution in [2.24, 2.45) is 0 Å². The minimum atomic E-state index is -0.142. The van der Waals surface area contributed by atoms with Gasteiger partial charge in [-0.2, -0.15) is 4.98 Å². The number of amides is 1. The van der Waals surface area contributed by atoms with Crippen LogP contribution in [0.15, 0.2) is 54.7 Å². The number of hydrogen-bond donors (Lipinski definition) is 3. The second kappa shape index (κ2) is 7.59. The van der Waals surface area contributed by atoms with Crippen molar-refractivity contribution in [2.75, 3.05) is 10.6 Å². The fourth-order valence-corrected chi connectivity index (χ4v) is 2.70. The molecule has 132 valence electrons. The quantitative estimate of drug-likeness (QED) is 0.536. The number of carbonyl (C=O) groups excluding carboxylic acids is 1. The highest BCUT2D eigenvalue weighted by Gasteiger charge is 2.11. The van der Waals surface area contributed by atoms with E-state index in [1.807, 2.05) is 30.3 Å². The van der Waals surface area contributed by atoms with E-state index in [1.165, 1.54) is 6.20 Å². The van der Waals surface area contributed by atoms with Crippen LogP contribution in [-0.2, 0) is 6.54 Å². The number of fused-ring (bicyclic) bond motifs is 6. The normalized spacial score (nSPS) is 12.6. The van der Waals surface area contributed by atoms with E-state index in [9.17, 15) is 4.79 Å². The van der Waals surface area contributed by atoms with Crippen molar-refractivity contribution in [3.63, 3.8) is 0 Å². The molecule has 26 heavy (non-hydrogen) atoms. The number of aromatic nitrogens is 2. The molecule has 3 N–H and O–H groups in total. The molecule has 0 unspecified atom stereocenters. The molecule has 6 bridgehead atoms. The van der Waals surface area contributed by atoms with Crippen molar-refractivity contribution in [3.8, 4) is 0 Å². The third-order valence-corrected chi connectivity index (χ3v) is 4.04. The number of rotatable bonds is 0. The summed E-state index contributed by atoms with van der Waals surface area (Å²) in [6.07, 6.45) is 1.53. The molecule has 1 aliphatic heterocycles. The summed E-state index contributed by atoms with van der Waals surface area (Å²) in [6, 6.07) is 14.9. The van der Waals surface area contributed by atoms with Crippen LogP contribution in [0.25, 0.3) is 0 Å². The first kappa shape index (κ1) is 18.0. The zero-order valence-corrected chi connectivity index (χ0v) is 15.1. The summed E-state index contributed by atoms with van der Waals surface area (Å²) in [4.78, 5) is 21.0. The largest absolute Gasteiger partial charge is 0.348 e. The first-order valence-electron chi connectivity index (χ1n) is 7.71. The second-order valence-corrected chi connectivity index (χ2v) is 6.01. The van der Waals surface area contributed by atoms with Gasteiger partial charge in [0.1, 0.15) is 5.02 Å². The monoisotopic (exact) mass is 387 g/mol. The van der Waals surface area contributed by atoms with Crippen LogP contribution in [0.3, 0.4) is 0 Å². The Morgan fingerprint density at radius 3 is 2.62 bits per heavy atom. The van der Waals surface area contributed by atoms with Gasteiger partial charge in [0.05, 0.1) is 6.20 Å². The molecular weight excluding hydrogens is 373 g/mol. The third kappa shape index (κ3) is 3.87. The Kier molecular flexibility index (Phi) is 5.25. The van der Waals surface area contributed by atoms with Gasteiger partial charge in [0.2, 0.25) is 5.95 Å². The highest BCUT2D eigenvalue weighted by molar-refractivity contribution is 6.32. The topological polar surface area (TPSA) is 78.9 Å². The maximum Gasteiger partial charge on any atom is 0.251 e. The fourth-order valence-electron chi connectivity index (χ4n) is 2.56. The maximum absolute atomic E-state index is 12.4. The molecule has 1 aliphatic rings. The molecule has 0 spiro atoms. The van der Waals surface area contributed by atoms with Gasteiger partial charge in [-0.3, -0.25) is 4.79 Å². The Labute approximate surface area is 161 Å². The molecule has 0 aliphatic carbocycles. The zero-order valence-electron chi connectivity index (χ0n) is 13.5. The van der Waals surface area contributed by atoms with Crippen LogP contribution in [0.4, 0.5) is 23.1 Å². The van der Waals surface area contributed by atoms with Crippen molar-refractivity contribution in [1.29, 1.82) is 0 Å². The number of hydrogen-bond acceptors (Lipinski definition) is 5. The molecule has 0 saturated carbocycles. The van der Waals surface area contributed by atoms with Crippen LogP contribution in [0.2, 0.25) is 5.02 Å². The van der Waals surface area contributed by atoms with Crippen LogP contribution >= 0.6 is 24.0 Å². The van der Waals surface area contributed by atoms with E-state index in [-0.39, 0.29) is 18.3 Å². The molecule has 8 heteroatoms. The lowest BCUT2D eigenvalue weighted by atomic mass is 10.1. The molecular formula is C18H15Cl2N5O. The number of halogens is 2. The molecule has 1 aromatic heterocycles. The van der Waals surface area contributed by atoms with Crippen molar-refractivity contribution in [1.82, 2.24) is 15.3 Å². The minimum absolute atomic E-state index is 0. The molecule has 0 atom stereocenters. The predicted octanol–water partition coefficient (Wildman–Crippen LogP) is 4.28. The van der Waals surface area contributed by atoms with Gasteiger partial charge in [-0.15, -0.1) is 12.4 Å². The average molecular weight is 388 g/mol. The Bertz CT molecular complexity index is 964. The summed E-state index contributed by atoms with van der Waals surface area (Å²) in [5.74, 6) is 0.753. The molecule has 2 aromatic carbocycles. The summed E-state index contributed by atoms with van der Waals surface area (Å²) in [5, 5.41) is 9.62. The third-order valence-electron chi connectivity index (χ3n) is 3.77. The van der Waals surface area contributed by atoms with E-state index in [0.29, 0.717) is 28.9 Å². The van der Waals surface area contributed by atoms with E-state index in [2.05, 4.69) is 25.9 Å². The SMILES string of the molecule is Cl.O=C1NCc2cccc(c2)Nc2nc(ncc2Cl)Nc2cccc1c2. The summed E-state index contributed by atoms with van der Waals surface area (Å²) >= 11 is 6.21. The summed E-state index contributed by atoms with van der Waals surface area (Å²) in [7, 11) is 0. The summed E-state index contributed by atoms with van der Waals surface area (Å²) in [6.45, 7) is 0.425. The van der Waals surface area contributed by atoms with E-state index in [1.54, 1.807) is 18.2 Å². The highest BCUT2D eigenvalue weighted by Crippen LogP contribution is 2.26. The molecule has 6 nitrogen and oxygen atoms in total. The lowest BCUT2D eigenvalue weighted by molar-refractivity contribution is 0.0951. The van der Waals surface area contributed by atoms with Crippen LogP contribution in [0.5, 0.6) is 0 Å². The summed E-state index contributed by atoms with van der Waals surface area (Å²) < 4.78 is 0. The van der Waals surface area contributed by atoms with Crippen molar-refractivity contribution in [2.45, 2.75) is 6.54 Å². The predicted molar refractivity (Wildman–Crippen MR) is 105 cm³/mol. The number of anilines is 4. The van der Waals surface area contributed by atoms with Crippen molar-refractivity contribution < 1.29 is 4.79 Å². The molecule has 0 fully saturated rings. The molecule has 2 heterocycles. The number of carbonyl (C=O) groups is 1. The van der Waals surface area contributed by atoms with E-state index >= 15 is 0 Å². The molecule has 0 radical (unpaired) electrons. The standard InChI is InChI=1S/C18H14ClN5O.ClH/c19-15-10-21-18-23-14-6-2-4-12(8-14)17(25)20-9-11-3-1-5-13(7-11)22-16(15)24-18;/h1-8,10H,9H2,(H,20,25)(H2,21,22,23,24);1H. The Morgan fingerprint density at radius 2 is 1.77 bits per heavy atom. The number of benzene rings is 2. The number of nitrogens with one attached hydrogen (secondary N) is 3. The molecule has 4 rings (SSSR count). The molecule has 1 amide bonds. The fraction of sp³-hybridized carbons (Fsp3) is 0.0556. The first-order chi connectivity index (χ1) is 12.2. The van der Waals surface area contributed by atoms with Gasteiger partial charge in [0.25, 0.3) is 5.91 Å². The molecule has 0 saturated heterocycles. The number of nitrogens with zero attached hydrogens (tertiary/aromatic N) is 2. The minimum Gasteiger partial charge on any atom is -0.348 e. The van der Waals surface area contributed by atoms with Gasteiger partial charge in [0.15, 0.2) is 5.82 Å². The zero-order chi connectivity index (χ0) is 17.2. The molecule has 3 aromatic rings. The van der Waals surface area contributed by atoms with Gasteiger partial charge in [-0.25, -0.2) is 4.98 Å². The first-order valence-corrected chi connectivity index (χ1v) is 8.09. The van der Waals surface area contributed by atoms with Gasteiger partial charge >= 0.3 is 0 Å². The van der Waals surface area contributed by atoms with Gasteiger partial charge in [0, 0.05) is 23.5 Å². The van der Waals surface area contributed by atoms with E-state index < -0.39 is 0 Å². The van der Waals surface area contributed by atoms with Crippen LogP contribution < -0.4 is 16.0 Å². The van der Waals surface area contributed by atoms with Crippen molar-refractivity contribution >= 4 is 53.1 Å². The summed E-state index contributed by atoms with van der Waals surface area (Å²) in [5.41, 5.74) is 3.07. The van der Waals surface area contributed by atoms with E-state index in [0.717, 1.165) is 16.9 Å². The smallest absolute Gasteiger partial charge is 0.251 e. The Hall–Kier alpha value is -2.83. The Balaban J connectivity index is 0.00000196. The van der Waals surface area contributed by atoms with E-state index in [4.69, 9.17) is 11.6 Å². The maximum atomic E-state index is 12.4.